The van der Waals surface area contributed by atoms with Gasteiger partial charge in [-0.15, -0.1) is 0 Å². The number of methoxy groups -OCH3 is 2. The second kappa shape index (κ2) is 12.8. The summed E-state index contributed by atoms with van der Waals surface area (Å²) in [5, 5.41) is 0. The number of carbonyl (C=O) groups excluding carboxylic acids is 2. The van der Waals surface area contributed by atoms with Crippen molar-refractivity contribution >= 4 is 11.9 Å². The van der Waals surface area contributed by atoms with Crippen molar-refractivity contribution in [2.24, 2.45) is 0 Å². The zero-order chi connectivity index (χ0) is 21.8. The molecule has 6 nitrogen and oxygen atoms in total. The molecule has 0 radical (unpaired) electrons. The molecular formula is C24H30O6. The number of hydrogen-bond acceptors (Lipinski definition) is 6. The average molecular weight is 414 g/mol. The Labute approximate surface area is 178 Å². The van der Waals surface area contributed by atoms with E-state index in [0.717, 1.165) is 19.3 Å². The van der Waals surface area contributed by atoms with E-state index in [9.17, 15) is 9.59 Å². The third-order valence-electron chi connectivity index (χ3n) is 4.71. The van der Waals surface area contributed by atoms with Crippen LogP contribution in [-0.2, 0) is 18.9 Å². The van der Waals surface area contributed by atoms with Gasteiger partial charge in [-0.05, 0) is 37.1 Å². The topological polar surface area (TPSA) is 71.1 Å². The van der Waals surface area contributed by atoms with Crippen LogP contribution >= 0.6 is 0 Å². The lowest BCUT2D eigenvalue weighted by atomic mass is 10.0. The van der Waals surface area contributed by atoms with Gasteiger partial charge in [-0.2, -0.15) is 0 Å². The Kier molecular flexibility index (Phi) is 10.0. The van der Waals surface area contributed by atoms with Gasteiger partial charge in [-0.3, -0.25) is 0 Å². The number of hydrogen-bond donors (Lipinski definition) is 0. The van der Waals surface area contributed by atoms with E-state index < -0.39 is 30.4 Å². The van der Waals surface area contributed by atoms with Gasteiger partial charge in [0.1, 0.15) is 6.10 Å². The molecule has 0 aliphatic carbocycles. The quantitative estimate of drug-likeness (QED) is 0.286. The van der Waals surface area contributed by atoms with E-state index in [1.807, 2.05) is 12.1 Å². The molecule has 0 fully saturated rings. The number of benzene rings is 2. The van der Waals surface area contributed by atoms with Crippen LogP contribution in [0.5, 0.6) is 0 Å². The highest BCUT2D eigenvalue weighted by Crippen LogP contribution is 2.21. The standard InChI is InChI=1S/C24H30O6/c1-4-5-8-17-20(29-22(25)18-13-9-6-10-14-18)21(24(27-2)28-3)30-23(26)19-15-11-7-12-16-19/h6-7,9-16,20-21,24H,4-5,8,17H2,1-3H3/t20-,21-/m0/s1. The molecule has 0 heterocycles. The minimum absolute atomic E-state index is 0.398. The first-order chi connectivity index (χ1) is 14.6. The van der Waals surface area contributed by atoms with Crippen molar-refractivity contribution in [2.75, 3.05) is 14.2 Å². The van der Waals surface area contributed by atoms with Crippen molar-refractivity contribution in [3.05, 3.63) is 71.8 Å². The molecule has 0 N–H and O–H groups in total. The van der Waals surface area contributed by atoms with Crippen LogP contribution in [0.25, 0.3) is 0 Å². The molecular weight excluding hydrogens is 384 g/mol. The Balaban J connectivity index is 2.25. The Hall–Kier alpha value is -2.70. The first-order valence-corrected chi connectivity index (χ1v) is 10.2. The van der Waals surface area contributed by atoms with E-state index in [1.165, 1.54) is 14.2 Å². The highest BCUT2D eigenvalue weighted by Gasteiger charge is 2.36. The number of unbranched alkanes of at least 4 members (excludes halogenated alkanes) is 2. The second-order valence-electron chi connectivity index (χ2n) is 6.88. The number of carbonyl (C=O) groups is 2. The minimum Gasteiger partial charge on any atom is -0.455 e. The number of esters is 2. The molecule has 2 aromatic carbocycles. The normalized spacial score (nSPS) is 12.9. The van der Waals surface area contributed by atoms with Gasteiger partial charge >= 0.3 is 11.9 Å². The molecule has 2 rings (SSSR count). The fourth-order valence-electron chi connectivity index (χ4n) is 3.10. The fourth-order valence-corrected chi connectivity index (χ4v) is 3.10. The van der Waals surface area contributed by atoms with E-state index in [4.69, 9.17) is 18.9 Å². The first-order valence-electron chi connectivity index (χ1n) is 10.2. The number of ether oxygens (including phenoxy) is 4. The highest BCUT2D eigenvalue weighted by molar-refractivity contribution is 5.90. The molecule has 0 aliphatic heterocycles. The molecule has 0 saturated carbocycles. The number of rotatable bonds is 12. The summed E-state index contributed by atoms with van der Waals surface area (Å²) in [5.41, 5.74) is 0.827. The summed E-state index contributed by atoms with van der Waals surface area (Å²) in [6.45, 7) is 2.09. The zero-order valence-electron chi connectivity index (χ0n) is 17.8. The third-order valence-corrected chi connectivity index (χ3v) is 4.71. The van der Waals surface area contributed by atoms with Crippen LogP contribution in [0.2, 0.25) is 0 Å². The summed E-state index contributed by atoms with van der Waals surface area (Å²) >= 11 is 0. The van der Waals surface area contributed by atoms with E-state index in [1.54, 1.807) is 48.5 Å². The predicted molar refractivity (Wildman–Crippen MR) is 113 cm³/mol. The van der Waals surface area contributed by atoms with E-state index >= 15 is 0 Å². The smallest absolute Gasteiger partial charge is 0.338 e. The summed E-state index contributed by atoms with van der Waals surface area (Å²) in [6, 6.07) is 17.4. The van der Waals surface area contributed by atoms with Gasteiger partial charge in [-0.1, -0.05) is 56.2 Å². The summed E-state index contributed by atoms with van der Waals surface area (Å²) in [6.07, 6.45) is 0.771. The summed E-state index contributed by atoms with van der Waals surface area (Å²) in [7, 11) is 2.92. The molecule has 0 aromatic heterocycles. The summed E-state index contributed by atoms with van der Waals surface area (Å²) in [4.78, 5) is 25.4. The lowest BCUT2D eigenvalue weighted by molar-refractivity contribution is -0.192. The lowest BCUT2D eigenvalue weighted by Crippen LogP contribution is -2.45. The van der Waals surface area contributed by atoms with Gasteiger partial charge in [0.25, 0.3) is 0 Å². The Morgan fingerprint density at radius 1 is 0.767 bits per heavy atom. The van der Waals surface area contributed by atoms with Gasteiger partial charge in [-0.25, -0.2) is 9.59 Å². The Morgan fingerprint density at radius 3 is 1.73 bits per heavy atom. The fraction of sp³-hybridized carbons (Fsp3) is 0.417. The molecule has 0 bridgehead atoms. The van der Waals surface area contributed by atoms with Crippen LogP contribution < -0.4 is 0 Å². The second-order valence-corrected chi connectivity index (χ2v) is 6.88. The molecule has 6 heteroatoms. The molecule has 2 atom stereocenters. The van der Waals surface area contributed by atoms with E-state index in [2.05, 4.69) is 6.92 Å². The van der Waals surface area contributed by atoms with Crippen molar-refractivity contribution in [2.45, 2.75) is 51.1 Å². The molecule has 30 heavy (non-hydrogen) atoms. The SMILES string of the molecule is CCCCC[C@H](OC(=O)c1ccccc1)[C@H](OC(=O)c1ccccc1)C(OC)OC. The van der Waals surface area contributed by atoms with Gasteiger partial charge in [0.15, 0.2) is 12.4 Å². The molecule has 2 aromatic rings. The van der Waals surface area contributed by atoms with Crippen LogP contribution in [0.1, 0.15) is 53.3 Å². The molecule has 0 amide bonds. The van der Waals surface area contributed by atoms with Crippen LogP contribution in [-0.4, -0.2) is 44.7 Å². The van der Waals surface area contributed by atoms with Crippen LogP contribution in [0.3, 0.4) is 0 Å². The molecule has 0 unspecified atom stereocenters. The maximum Gasteiger partial charge on any atom is 0.338 e. The Morgan fingerprint density at radius 2 is 1.27 bits per heavy atom. The average Bonchev–Trinajstić information content (AvgIpc) is 2.79. The first kappa shape index (κ1) is 23.6. The maximum atomic E-state index is 12.7. The molecule has 162 valence electrons. The third kappa shape index (κ3) is 6.97. The van der Waals surface area contributed by atoms with E-state index in [0.29, 0.717) is 17.5 Å². The minimum atomic E-state index is -0.919. The maximum absolute atomic E-state index is 12.7. The molecule has 0 spiro atoms. The van der Waals surface area contributed by atoms with Gasteiger partial charge in [0, 0.05) is 14.2 Å². The van der Waals surface area contributed by atoms with Crippen LogP contribution in [0.15, 0.2) is 60.7 Å². The van der Waals surface area contributed by atoms with Crippen LogP contribution in [0.4, 0.5) is 0 Å². The largest absolute Gasteiger partial charge is 0.455 e. The van der Waals surface area contributed by atoms with Crippen molar-refractivity contribution in [1.82, 2.24) is 0 Å². The molecule has 0 saturated heterocycles. The lowest BCUT2D eigenvalue weighted by Gasteiger charge is -2.31. The van der Waals surface area contributed by atoms with Crippen molar-refractivity contribution < 1.29 is 28.5 Å². The van der Waals surface area contributed by atoms with Crippen molar-refractivity contribution in [3.8, 4) is 0 Å². The van der Waals surface area contributed by atoms with Gasteiger partial charge in [0.05, 0.1) is 11.1 Å². The monoisotopic (exact) mass is 414 g/mol. The predicted octanol–water partition coefficient (Wildman–Crippen LogP) is 4.64. The molecule has 0 aliphatic rings. The zero-order valence-corrected chi connectivity index (χ0v) is 17.8. The van der Waals surface area contributed by atoms with Gasteiger partial charge < -0.3 is 18.9 Å². The van der Waals surface area contributed by atoms with Crippen LogP contribution in [0, 0.1) is 0 Å². The summed E-state index contributed by atoms with van der Waals surface area (Å²) in [5.74, 6) is -1.01. The summed E-state index contributed by atoms with van der Waals surface area (Å²) < 4.78 is 22.3. The highest BCUT2D eigenvalue weighted by atomic mass is 16.7. The van der Waals surface area contributed by atoms with Crippen molar-refractivity contribution in [3.63, 3.8) is 0 Å². The van der Waals surface area contributed by atoms with Crippen molar-refractivity contribution in [1.29, 1.82) is 0 Å². The Bertz CT molecular complexity index is 758. The van der Waals surface area contributed by atoms with E-state index in [-0.39, 0.29) is 0 Å². The van der Waals surface area contributed by atoms with Gasteiger partial charge in [0.2, 0.25) is 0 Å².